The summed E-state index contributed by atoms with van der Waals surface area (Å²) in [6.45, 7) is 3.78. The number of hydrogen-bond donors (Lipinski definition) is 2. The molecule has 0 fully saturated rings. The third kappa shape index (κ3) is 3.53. The summed E-state index contributed by atoms with van der Waals surface area (Å²) in [7, 11) is 0. The molecule has 7 nitrogen and oxygen atoms in total. The molecule has 0 atom stereocenters. The van der Waals surface area contributed by atoms with Gasteiger partial charge in [-0.1, -0.05) is 30.3 Å². The number of carbonyl (C=O) groups is 1. The first-order valence-corrected chi connectivity index (χ1v) is 10.3. The van der Waals surface area contributed by atoms with E-state index < -0.39 is 5.91 Å². The van der Waals surface area contributed by atoms with Crippen LogP contribution in [0.4, 0.5) is 5.82 Å². The second kappa shape index (κ2) is 7.85. The third-order valence-electron chi connectivity index (χ3n) is 5.60. The molecular weight excluding hydrogens is 390 g/mol. The van der Waals surface area contributed by atoms with Gasteiger partial charge in [-0.25, -0.2) is 9.97 Å². The number of fused-ring (bicyclic) bond motifs is 2. The molecular formula is C24H23N5O2. The molecule has 4 aromatic rings. The van der Waals surface area contributed by atoms with E-state index in [9.17, 15) is 4.79 Å². The molecule has 1 aliphatic rings. The van der Waals surface area contributed by atoms with Crippen molar-refractivity contribution < 1.29 is 9.53 Å². The number of aryl methyl sites for hydroxylation is 1. The Labute approximate surface area is 179 Å². The lowest BCUT2D eigenvalue weighted by Gasteiger charge is -2.20. The normalized spacial score (nSPS) is 13.2. The third-order valence-corrected chi connectivity index (χ3v) is 5.60. The van der Waals surface area contributed by atoms with Gasteiger partial charge in [0.25, 0.3) is 5.91 Å². The molecule has 0 radical (unpaired) electrons. The number of carbonyl (C=O) groups excluding carboxylic acids is 1. The molecule has 1 aromatic carbocycles. The Morgan fingerprint density at radius 1 is 1.19 bits per heavy atom. The first kappa shape index (κ1) is 19.3. The lowest BCUT2D eigenvalue weighted by Crippen LogP contribution is -2.17. The van der Waals surface area contributed by atoms with Crippen LogP contribution in [0.5, 0.6) is 0 Å². The van der Waals surface area contributed by atoms with E-state index in [0.29, 0.717) is 31.1 Å². The molecule has 0 aliphatic carbocycles. The van der Waals surface area contributed by atoms with Crippen LogP contribution in [0, 0.1) is 6.92 Å². The number of rotatable bonds is 5. The van der Waals surface area contributed by atoms with Gasteiger partial charge in [0.1, 0.15) is 5.82 Å². The number of nitrogens with zero attached hydrogens (tertiary/aromatic N) is 3. The summed E-state index contributed by atoms with van der Waals surface area (Å²) in [5, 5.41) is 3.47. The minimum Gasteiger partial charge on any atom is -0.376 e. The largest absolute Gasteiger partial charge is 0.376 e. The zero-order valence-corrected chi connectivity index (χ0v) is 17.3. The molecule has 1 amide bonds. The molecule has 31 heavy (non-hydrogen) atoms. The van der Waals surface area contributed by atoms with E-state index in [4.69, 9.17) is 20.4 Å². The highest BCUT2D eigenvalue weighted by Gasteiger charge is 2.22. The van der Waals surface area contributed by atoms with Crippen molar-refractivity contribution >= 4 is 17.2 Å². The lowest BCUT2D eigenvalue weighted by atomic mass is 10.1. The van der Waals surface area contributed by atoms with Crippen LogP contribution in [-0.2, 0) is 24.3 Å². The standard InChI is InChI=1S/C24H23N5O2/c1-15-12-20-17(22(25)30)8-5-10-29(20)21(15)24-27-19-9-11-31-14-18(19)23(28-24)26-13-16-6-3-2-4-7-16/h2-8,10,12H,9,11,13-14H2,1H3,(H2,25,30)(H,26,27,28). The van der Waals surface area contributed by atoms with Crippen LogP contribution in [0.2, 0.25) is 0 Å². The zero-order valence-electron chi connectivity index (χ0n) is 17.3. The average Bonchev–Trinajstić information content (AvgIpc) is 3.13. The summed E-state index contributed by atoms with van der Waals surface area (Å²) in [4.78, 5) is 21.7. The number of anilines is 1. The summed E-state index contributed by atoms with van der Waals surface area (Å²) in [6.07, 6.45) is 2.65. The van der Waals surface area contributed by atoms with E-state index in [-0.39, 0.29) is 0 Å². The highest BCUT2D eigenvalue weighted by Crippen LogP contribution is 2.30. The van der Waals surface area contributed by atoms with Gasteiger partial charge in [0, 0.05) is 24.7 Å². The summed E-state index contributed by atoms with van der Waals surface area (Å²) in [5.41, 5.74) is 11.8. The summed E-state index contributed by atoms with van der Waals surface area (Å²) >= 11 is 0. The van der Waals surface area contributed by atoms with E-state index in [0.717, 1.165) is 40.3 Å². The Bertz CT molecular complexity index is 1280. The summed E-state index contributed by atoms with van der Waals surface area (Å²) in [5.74, 6) is 0.947. The molecule has 5 rings (SSSR count). The van der Waals surface area contributed by atoms with Crippen LogP contribution < -0.4 is 11.1 Å². The number of ether oxygens (including phenoxy) is 1. The molecule has 0 saturated carbocycles. The first-order valence-electron chi connectivity index (χ1n) is 10.3. The van der Waals surface area contributed by atoms with Gasteiger partial charge in [0.2, 0.25) is 0 Å². The van der Waals surface area contributed by atoms with E-state index >= 15 is 0 Å². The minimum absolute atomic E-state index is 0.455. The molecule has 7 heteroatoms. The Balaban J connectivity index is 1.62. The zero-order chi connectivity index (χ0) is 21.4. The molecule has 0 unspecified atom stereocenters. The molecule has 0 saturated heterocycles. The number of nitrogens with one attached hydrogen (secondary N) is 1. The predicted octanol–water partition coefficient (Wildman–Crippen LogP) is 3.49. The molecule has 4 heterocycles. The number of aromatic nitrogens is 3. The van der Waals surface area contributed by atoms with Gasteiger partial charge >= 0.3 is 0 Å². The van der Waals surface area contributed by atoms with Gasteiger partial charge in [-0.3, -0.25) is 4.79 Å². The average molecular weight is 413 g/mol. The van der Waals surface area contributed by atoms with Crippen LogP contribution in [-0.4, -0.2) is 26.9 Å². The van der Waals surface area contributed by atoms with Crippen molar-refractivity contribution in [1.82, 2.24) is 14.4 Å². The number of amides is 1. The van der Waals surface area contributed by atoms with Crippen LogP contribution in [0.1, 0.15) is 32.7 Å². The van der Waals surface area contributed by atoms with Gasteiger partial charge < -0.3 is 20.2 Å². The van der Waals surface area contributed by atoms with Crippen LogP contribution >= 0.6 is 0 Å². The monoisotopic (exact) mass is 413 g/mol. The Kier molecular flexibility index (Phi) is 4.88. The van der Waals surface area contributed by atoms with Crippen molar-refractivity contribution in [2.24, 2.45) is 5.73 Å². The number of benzene rings is 1. The fourth-order valence-corrected chi connectivity index (χ4v) is 4.08. The highest BCUT2D eigenvalue weighted by atomic mass is 16.5. The number of pyridine rings is 1. The van der Waals surface area contributed by atoms with Gasteiger partial charge in [-0.05, 0) is 36.2 Å². The number of hydrogen-bond acceptors (Lipinski definition) is 5. The minimum atomic E-state index is -0.455. The Morgan fingerprint density at radius 3 is 2.84 bits per heavy atom. The second-order valence-corrected chi connectivity index (χ2v) is 7.68. The molecule has 3 N–H and O–H groups in total. The van der Waals surface area contributed by atoms with Gasteiger partial charge in [-0.15, -0.1) is 0 Å². The second-order valence-electron chi connectivity index (χ2n) is 7.68. The fraction of sp³-hybridized carbons (Fsp3) is 0.208. The Morgan fingerprint density at radius 2 is 2.03 bits per heavy atom. The van der Waals surface area contributed by atoms with E-state index in [1.807, 2.05) is 47.9 Å². The Hall–Kier alpha value is -3.71. The van der Waals surface area contributed by atoms with Gasteiger partial charge in [0.05, 0.1) is 35.7 Å². The van der Waals surface area contributed by atoms with Crippen molar-refractivity contribution in [2.45, 2.75) is 26.5 Å². The SMILES string of the molecule is Cc1cc2c(C(N)=O)cccn2c1-c1nc2c(c(NCc3ccccc3)n1)COCC2. The first-order chi connectivity index (χ1) is 15.1. The smallest absolute Gasteiger partial charge is 0.250 e. The van der Waals surface area contributed by atoms with Crippen LogP contribution in [0.25, 0.3) is 17.0 Å². The number of primary amides is 1. The summed E-state index contributed by atoms with van der Waals surface area (Å²) < 4.78 is 7.62. The van der Waals surface area contributed by atoms with Crippen molar-refractivity contribution in [3.63, 3.8) is 0 Å². The van der Waals surface area contributed by atoms with Crippen molar-refractivity contribution in [3.8, 4) is 11.5 Å². The van der Waals surface area contributed by atoms with E-state index in [2.05, 4.69) is 17.4 Å². The predicted molar refractivity (Wildman–Crippen MR) is 119 cm³/mol. The highest BCUT2D eigenvalue weighted by molar-refractivity contribution is 6.00. The van der Waals surface area contributed by atoms with Crippen LogP contribution in [0.3, 0.4) is 0 Å². The molecule has 156 valence electrons. The van der Waals surface area contributed by atoms with Crippen molar-refractivity contribution in [1.29, 1.82) is 0 Å². The lowest BCUT2D eigenvalue weighted by molar-refractivity contribution is 0.100. The van der Waals surface area contributed by atoms with Crippen molar-refractivity contribution in [3.05, 3.63) is 82.7 Å². The maximum Gasteiger partial charge on any atom is 0.250 e. The van der Waals surface area contributed by atoms with Gasteiger partial charge in [-0.2, -0.15) is 0 Å². The number of nitrogens with two attached hydrogens (primary N) is 1. The fourth-order valence-electron chi connectivity index (χ4n) is 4.08. The maximum absolute atomic E-state index is 11.9. The molecule has 0 bridgehead atoms. The molecule has 3 aromatic heterocycles. The van der Waals surface area contributed by atoms with E-state index in [1.54, 1.807) is 6.07 Å². The van der Waals surface area contributed by atoms with Crippen LogP contribution in [0.15, 0.2) is 54.7 Å². The van der Waals surface area contributed by atoms with E-state index in [1.165, 1.54) is 5.56 Å². The topological polar surface area (TPSA) is 94.5 Å². The van der Waals surface area contributed by atoms with Gasteiger partial charge in [0.15, 0.2) is 5.82 Å². The van der Waals surface area contributed by atoms with Crippen molar-refractivity contribution in [2.75, 3.05) is 11.9 Å². The maximum atomic E-state index is 11.9. The summed E-state index contributed by atoms with van der Waals surface area (Å²) in [6, 6.07) is 15.7. The molecule has 0 spiro atoms. The molecule has 1 aliphatic heterocycles. The quantitative estimate of drug-likeness (QED) is 0.522.